The fraction of sp³-hybridized carbons (Fsp3) is 0.357. The Hall–Kier alpha value is -1.73. The number of benzene rings is 1. The molecule has 0 unspecified atom stereocenters. The third-order valence-corrected chi connectivity index (χ3v) is 5.43. The van der Waals surface area contributed by atoms with E-state index in [-0.39, 0.29) is 27.4 Å². The van der Waals surface area contributed by atoms with Crippen molar-refractivity contribution < 1.29 is 13.5 Å². The van der Waals surface area contributed by atoms with Gasteiger partial charge in [-0.1, -0.05) is 24.4 Å². The van der Waals surface area contributed by atoms with Gasteiger partial charge in [0.05, 0.1) is 22.9 Å². The molecule has 1 aromatic carbocycles. The van der Waals surface area contributed by atoms with Crippen molar-refractivity contribution in [2.45, 2.75) is 36.6 Å². The summed E-state index contributed by atoms with van der Waals surface area (Å²) >= 11 is 5.94. The third-order valence-electron chi connectivity index (χ3n) is 3.78. The van der Waals surface area contributed by atoms with Gasteiger partial charge in [0.1, 0.15) is 10.6 Å². The van der Waals surface area contributed by atoms with Crippen molar-refractivity contribution in [1.82, 2.24) is 9.78 Å². The molecule has 0 amide bonds. The molecule has 1 aliphatic carbocycles. The number of halogens is 1. The molecule has 1 heterocycles. The van der Waals surface area contributed by atoms with Crippen LogP contribution in [-0.4, -0.2) is 23.3 Å². The number of anilines is 1. The Bertz CT molecular complexity index is 782. The molecule has 1 fully saturated rings. The quantitative estimate of drug-likeness (QED) is 0.894. The number of rotatable bonds is 4. The van der Waals surface area contributed by atoms with Crippen LogP contribution in [0.5, 0.6) is 5.75 Å². The van der Waals surface area contributed by atoms with Gasteiger partial charge >= 0.3 is 0 Å². The minimum atomic E-state index is -3.79. The van der Waals surface area contributed by atoms with E-state index in [1.54, 1.807) is 4.68 Å². The van der Waals surface area contributed by atoms with E-state index in [2.05, 4.69) is 9.82 Å². The minimum Gasteiger partial charge on any atom is -0.508 e. The number of phenolic OH excluding ortho intramolecular Hbond substituents is 1. The van der Waals surface area contributed by atoms with Crippen LogP contribution < -0.4 is 4.72 Å². The van der Waals surface area contributed by atoms with Gasteiger partial charge in [0.15, 0.2) is 0 Å². The maximum Gasteiger partial charge on any atom is 0.265 e. The molecule has 0 atom stereocenters. The average molecular weight is 342 g/mol. The van der Waals surface area contributed by atoms with E-state index >= 15 is 0 Å². The maximum atomic E-state index is 12.4. The number of phenols is 1. The van der Waals surface area contributed by atoms with E-state index in [4.69, 9.17) is 11.6 Å². The van der Waals surface area contributed by atoms with Crippen molar-refractivity contribution >= 4 is 27.3 Å². The standard InChI is InChI=1S/C14H16ClN3O3S/c15-13-6-5-11(19)7-14(13)17-22(20,21)12-8-16-18(9-12)10-3-1-2-4-10/h5-10,17,19H,1-4H2. The average Bonchev–Trinajstić information content (AvgIpc) is 3.12. The molecule has 1 aromatic heterocycles. The Kier molecular flexibility index (Phi) is 4.01. The van der Waals surface area contributed by atoms with Gasteiger partial charge in [-0.3, -0.25) is 9.40 Å². The van der Waals surface area contributed by atoms with Crippen molar-refractivity contribution in [2.75, 3.05) is 4.72 Å². The largest absolute Gasteiger partial charge is 0.508 e. The van der Waals surface area contributed by atoms with Crippen LogP contribution in [0.1, 0.15) is 31.7 Å². The highest BCUT2D eigenvalue weighted by Gasteiger charge is 2.22. The monoisotopic (exact) mass is 341 g/mol. The van der Waals surface area contributed by atoms with Crippen molar-refractivity contribution in [1.29, 1.82) is 0 Å². The van der Waals surface area contributed by atoms with Crippen molar-refractivity contribution in [3.8, 4) is 5.75 Å². The van der Waals surface area contributed by atoms with Crippen molar-refractivity contribution in [3.63, 3.8) is 0 Å². The Morgan fingerprint density at radius 3 is 2.77 bits per heavy atom. The predicted molar refractivity (Wildman–Crippen MR) is 83.7 cm³/mol. The fourth-order valence-electron chi connectivity index (χ4n) is 2.62. The molecule has 1 aliphatic rings. The van der Waals surface area contributed by atoms with Crippen LogP contribution >= 0.6 is 11.6 Å². The van der Waals surface area contributed by atoms with E-state index in [1.165, 1.54) is 30.6 Å². The lowest BCUT2D eigenvalue weighted by atomic mass is 10.3. The van der Waals surface area contributed by atoms with Gasteiger partial charge in [0.2, 0.25) is 0 Å². The Labute approximate surface area is 133 Å². The maximum absolute atomic E-state index is 12.4. The van der Waals surface area contributed by atoms with Crippen LogP contribution in [0.3, 0.4) is 0 Å². The lowest BCUT2D eigenvalue weighted by molar-refractivity contribution is 0.466. The molecule has 3 rings (SSSR count). The lowest BCUT2D eigenvalue weighted by Crippen LogP contribution is -2.13. The number of nitrogens with one attached hydrogen (secondary N) is 1. The van der Waals surface area contributed by atoms with Crippen LogP contribution in [-0.2, 0) is 10.0 Å². The van der Waals surface area contributed by atoms with Gasteiger partial charge in [-0.15, -0.1) is 0 Å². The highest BCUT2D eigenvalue weighted by Crippen LogP contribution is 2.31. The van der Waals surface area contributed by atoms with Gasteiger partial charge in [-0.25, -0.2) is 8.42 Å². The van der Waals surface area contributed by atoms with Crippen LogP contribution in [0.2, 0.25) is 5.02 Å². The molecule has 0 radical (unpaired) electrons. The molecular formula is C14H16ClN3O3S. The van der Waals surface area contributed by atoms with Gasteiger partial charge in [-0.05, 0) is 25.0 Å². The normalized spacial score (nSPS) is 16.0. The number of hydrogen-bond donors (Lipinski definition) is 2. The smallest absolute Gasteiger partial charge is 0.265 e. The molecule has 0 bridgehead atoms. The zero-order chi connectivity index (χ0) is 15.7. The zero-order valence-corrected chi connectivity index (χ0v) is 13.3. The highest BCUT2D eigenvalue weighted by atomic mass is 35.5. The third kappa shape index (κ3) is 3.05. The molecule has 8 heteroatoms. The summed E-state index contributed by atoms with van der Waals surface area (Å²) in [6, 6.07) is 4.35. The van der Waals surface area contributed by atoms with Crippen molar-refractivity contribution in [3.05, 3.63) is 35.6 Å². The van der Waals surface area contributed by atoms with Crippen molar-refractivity contribution in [2.24, 2.45) is 0 Å². The molecule has 2 aromatic rings. The minimum absolute atomic E-state index is 0.0660. The van der Waals surface area contributed by atoms with Crippen LogP contribution in [0.25, 0.3) is 0 Å². The number of hydrogen-bond acceptors (Lipinski definition) is 4. The predicted octanol–water partition coefficient (Wildman–Crippen LogP) is 3.16. The molecule has 0 spiro atoms. The molecule has 1 saturated carbocycles. The topological polar surface area (TPSA) is 84.2 Å². The SMILES string of the molecule is O=S(=O)(Nc1cc(O)ccc1Cl)c1cnn(C2CCCC2)c1. The summed E-state index contributed by atoms with van der Waals surface area (Å²) in [7, 11) is -3.79. The number of nitrogens with zero attached hydrogens (tertiary/aromatic N) is 2. The van der Waals surface area contributed by atoms with E-state index in [0.717, 1.165) is 25.7 Å². The Balaban J connectivity index is 1.85. The van der Waals surface area contributed by atoms with Crippen LogP contribution in [0.4, 0.5) is 5.69 Å². The summed E-state index contributed by atoms with van der Waals surface area (Å²) in [5.41, 5.74) is 0.135. The summed E-state index contributed by atoms with van der Waals surface area (Å²) < 4.78 is 28.9. The first kappa shape index (κ1) is 15.2. The molecule has 2 N–H and O–H groups in total. The summed E-state index contributed by atoms with van der Waals surface area (Å²) in [5.74, 6) is -0.0660. The van der Waals surface area contributed by atoms with E-state index in [1.807, 2.05) is 0 Å². The fourth-order valence-corrected chi connectivity index (χ4v) is 3.85. The van der Waals surface area contributed by atoms with Gasteiger partial charge in [0, 0.05) is 12.3 Å². The molecule has 0 aliphatic heterocycles. The first-order valence-electron chi connectivity index (χ1n) is 7.01. The molecule has 118 valence electrons. The highest BCUT2D eigenvalue weighted by molar-refractivity contribution is 7.92. The summed E-state index contributed by atoms with van der Waals surface area (Å²) in [5, 5.41) is 13.8. The second-order valence-corrected chi connectivity index (χ2v) is 7.45. The molecule has 6 nitrogen and oxygen atoms in total. The molecule has 22 heavy (non-hydrogen) atoms. The van der Waals surface area contributed by atoms with Gasteiger partial charge < -0.3 is 5.11 Å². The van der Waals surface area contributed by atoms with E-state index < -0.39 is 10.0 Å². The van der Waals surface area contributed by atoms with Crippen LogP contribution in [0.15, 0.2) is 35.5 Å². The molecular weight excluding hydrogens is 326 g/mol. The molecule has 0 saturated heterocycles. The lowest BCUT2D eigenvalue weighted by Gasteiger charge is -2.10. The van der Waals surface area contributed by atoms with E-state index in [0.29, 0.717) is 0 Å². The summed E-state index contributed by atoms with van der Waals surface area (Å²) in [4.78, 5) is 0.0822. The Morgan fingerprint density at radius 2 is 2.05 bits per heavy atom. The van der Waals surface area contributed by atoms with E-state index in [9.17, 15) is 13.5 Å². The first-order valence-corrected chi connectivity index (χ1v) is 8.87. The summed E-state index contributed by atoms with van der Waals surface area (Å²) in [6.45, 7) is 0. The second-order valence-electron chi connectivity index (χ2n) is 5.36. The first-order chi connectivity index (χ1) is 10.5. The zero-order valence-electron chi connectivity index (χ0n) is 11.7. The Morgan fingerprint density at radius 1 is 1.32 bits per heavy atom. The number of aromatic hydroxyl groups is 1. The summed E-state index contributed by atoms with van der Waals surface area (Å²) in [6.07, 6.45) is 7.19. The second kappa shape index (κ2) is 5.81. The number of aromatic nitrogens is 2. The van der Waals surface area contributed by atoms with Crippen LogP contribution in [0, 0.1) is 0 Å². The van der Waals surface area contributed by atoms with Gasteiger partial charge in [0.25, 0.3) is 10.0 Å². The van der Waals surface area contributed by atoms with Gasteiger partial charge in [-0.2, -0.15) is 5.10 Å². The number of sulfonamides is 1.